The maximum absolute atomic E-state index is 12.4. The number of carbonyl (C=O) groups excluding carboxylic acids is 1. The normalized spacial score (nSPS) is 12.6. The van der Waals surface area contributed by atoms with E-state index >= 15 is 0 Å². The molecule has 0 saturated carbocycles. The summed E-state index contributed by atoms with van der Waals surface area (Å²) in [6, 6.07) is 3.65. The van der Waals surface area contributed by atoms with E-state index in [0.29, 0.717) is 11.4 Å². The van der Waals surface area contributed by atoms with Crippen LogP contribution in [0.2, 0.25) is 0 Å². The third kappa shape index (κ3) is 4.88. The lowest BCUT2D eigenvalue weighted by Gasteiger charge is -2.10. The molecule has 0 radical (unpaired) electrons. The van der Waals surface area contributed by atoms with Crippen molar-refractivity contribution in [2.45, 2.75) is 53.6 Å². The van der Waals surface area contributed by atoms with Gasteiger partial charge in [-0.15, -0.1) is 0 Å². The van der Waals surface area contributed by atoms with Gasteiger partial charge in [0, 0.05) is 24.2 Å². The van der Waals surface area contributed by atoms with E-state index in [-0.39, 0.29) is 12.0 Å². The maximum atomic E-state index is 12.4. The molecule has 2 rings (SSSR count). The zero-order valence-electron chi connectivity index (χ0n) is 16.0. The average molecular weight is 354 g/mol. The van der Waals surface area contributed by atoms with Crippen molar-refractivity contribution in [1.82, 2.24) is 9.97 Å². The summed E-state index contributed by atoms with van der Waals surface area (Å²) < 4.78 is 0. The molecule has 1 atom stereocenters. The monoisotopic (exact) mass is 354 g/mol. The molecule has 0 aliphatic rings. The molecule has 0 aliphatic carbocycles. The second-order valence-corrected chi connectivity index (χ2v) is 6.23. The number of aromatic nitrogens is 2. The number of carbonyl (C=O) groups is 1. The van der Waals surface area contributed by atoms with Gasteiger partial charge in [0.25, 0.3) is 5.91 Å². The predicted octanol–water partition coefficient (Wildman–Crippen LogP) is 4.27. The van der Waals surface area contributed by atoms with Gasteiger partial charge in [-0.2, -0.15) is 0 Å². The molecule has 0 aliphatic heterocycles. The van der Waals surface area contributed by atoms with E-state index < -0.39 is 0 Å². The predicted molar refractivity (Wildman–Crippen MR) is 104 cm³/mol. The Balaban J connectivity index is 2.11. The average Bonchev–Trinajstić information content (AvgIpc) is 2.65. The molecule has 0 spiro atoms. The second-order valence-electron chi connectivity index (χ2n) is 6.23. The number of hydrogen-bond donors (Lipinski definition) is 1. The molecule has 0 aromatic carbocycles. The molecule has 6 nitrogen and oxygen atoms in total. The number of aryl methyl sites for hydroxylation is 1. The van der Waals surface area contributed by atoms with Gasteiger partial charge in [-0.05, 0) is 56.9 Å². The summed E-state index contributed by atoms with van der Waals surface area (Å²) in [6.07, 6.45) is 6.72. The highest BCUT2D eigenvalue weighted by molar-refractivity contribution is 6.05. The van der Waals surface area contributed by atoms with Crippen LogP contribution in [0.3, 0.4) is 0 Å². The van der Waals surface area contributed by atoms with Crippen LogP contribution in [-0.2, 0) is 4.84 Å². The molecule has 0 fully saturated rings. The Labute approximate surface area is 154 Å². The van der Waals surface area contributed by atoms with Gasteiger partial charge in [-0.3, -0.25) is 9.78 Å². The van der Waals surface area contributed by atoms with Crippen LogP contribution in [0.1, 0.15) is 60.7 Å². The number of rotatable bonds is 7. The van der Waals surface area contributed by atoms with Crippen molar-refractivity contribution in [3.8, 4) is 0 Å². The molecule has 1 N–H and O–H groups in total. The van der Waals surface area contributed by atoms with Crippen molar-refractivity contribution in [2.75, 3.05) is 5.32 Å². The Hall–Kier alpha value is -2.76. The van der Waals surface area contributed by atoms with Crippen molar-refractivity contribution in [3.05, 3.63) is 53.0 Å². The lowest BCUT2D eigenvalue weighted by atomic mass is 10.1. The first-order valence-corrected chi connectivity index (χ1v) is 8.87. The first kappa shape index (κ1) is 19.6. The topological polar surface area (TPSA) is 76.5 Å². The van der Waals surface area contributed by atoms with Crippen LogP contribution in [0, 0.1) is 13.8 Å². The third-order valence-corrected chi connectivity index (χ3v) is 4.30. The molecule has 26 heavy (non-hydrogen) atoms. The fraction of sp³-hybridized carbons (Fsp3) is 0.400. The Bertz CT molecular complexity index is 785. The smallest absolute Gasteiger partial charge is 0.258 e. The van der Waals surface area contributed by atoms with Crippen LogP contribution in [-0.4, -0.2) is 27.7 Å². The Morgan fingerprint density at radius 1 is 1.23 bits per heavy atom. The Morgan fingerprint density at radius 3 is 2.62 bits per heavy atom. The fourth-order valence-electron chi connectivity index (χ4n) is 2.23. The standard InChI is InChI=1S/C20H26N4O2/c1-6-14(4)26-24-18(7-2)16-8-9-19(22-11-16)23-20(25)17-12-21-10-13(3)15(17)5/h8-12,14H,6-7H2,1-5H3,(H,22,23,25). The summed E-state index contributed by atoms with van der Waals surface area (Å²) in [4.78, 5) is 26.3. The first-order valence-electron chi connectivity index (χ1n) is 8.87. The quantitative estimate of drug-likeness (QED) is 0.595. The first-order chi connectivity index (χ1) is 12.5. The van der Waals surface area contributed by atoms with Crippen LogP contribution >= 0.6 is 0 Å². The molecule has 2 heterocycles. The van der Waals surface area contributed by atoms with E-state index in [9.17, 15) is 4.79 Å². The van der Waals surface area contributed by atoms with Crippen molar-refractivity contribution < 1.29 is 9.63 Å². The van der Waals surface area contributed by atoms with Crippen LogP contribution in [0.15, 0.2) is 35.9 Å². The SMILES string of the molecule is CCC(=NOC(C)CC)c1ccc(NC(=O)c2cncc(C)c2C)nc1. The number of amides is 1. The number of nitrogens with zero attached hydrogens (tertiary/aromatic N) is 3. The summed E-state index contributed by atoms with van der Waals surface area (Å²) >= 11 is 0. The number of oxime groups is 1. The van der Waals surface area contributed by atoms with E-state index in [1.165, 1.54) is 0 Å². The maximum Gasteiger partial charge on any atom is 0.258 e. The zero-order valence-corrected chi connectivity index (χ0v) is 16.0. The lowest BCUT2D eigenvalue weighted by molar-refractivity contribution is 0.0697. The van der Waals surface area contributed by atoms with Gasteiger partial charge in [0.2, 0.25) is 0 Å². The molecule has 1 amide bonds. The highest BCUT2D eigenvalue weighted by Crippen LogP contribution is 2.14. The van der Waals surface area contributed by atoms with Gasteiger partial charge in [-0.25, -0.2) is 4.98 Å². The number of anilines is 1. The summed E-state index contributed by atoms with van der Waals surface area (Å²) in [6.45, 7) is 9.89. The minimum absolute atomic E-state index is 0.0780. The summed E-state index contributed by atoms with van der Waals surface area (Å²) in [5.41, 5.74) is 4.15. The molecular weight excluding hydrogens is 328 g/mol. The molecule has 1 unspecified atom stereocenters. The van der Waals surface area contributed by atoms with Gasteiger partial charge in [0.1, 0.15) is 11.9 Å². The molecule has 6 heteroatoms. The minimum atomic E-state index is -0.219. The van der Waals surface area contributed by atoms with Crippen molar-refractivity contribution in [1.29, 1.82) is 0 Å². The van der Waals surface area contributed by atoms with E-state index in [1.807, 2.05) is 33.8 Å². The van der Waals surface area contributed by atoms with Crippen LogP contribution < -0.4 is 5.32 Å². The van der Waals surface area contributed by atoms with Crippen molar-refractivity contribution >= 4 is 17.4 Å². The summed E-state index contributed by atoms with van der Waals surface area (Å²) in [5, 5.41) is 7.03. The zero-order chi connectivity index (χ0) is 19.1. The molecular formula is C20H26N4O2. The second kappa shape index (κ2) is 9.08. The molecule has 2 aromatic rings. The van der Waals surface area contributed by atoms with Gasteiger partial charge >= 0.3 is 0 Å². The van der Waals surface area contributed by atoms with E-state index in [2.05, 4.69) is 27.4 Å². The number of pyridine rings is 2. The minimum Gasteiger partial charge on any atom is -0.393 e. The molecule has 2 aromatic heterocycles. The Kier molecular flexibility index (Phi) is 6.83. The summed E-state index contributed by atoms with van der Waals surface area (Å²) in [5.74, 6) is 0.265. The number of nitrogens with one attached hydrogen (secondary N) is 1. The van der Waals surface area contributed by atoms with Crippen LogP contribution in [0.4, 0.5) is 5.82 Å². The highest BCUT2D eigenvalue weighted by atomic mass is 16.6. The lowest BCUT2D eigenvalue weighted by Crippen LogP contribution is -2.15. The van der Waals surface area contributed by atoms with Crippen molar-refractivity contribution in [3.63, 3.8) is 0 Å². The van der Waals surface area contributed by atoms with Gasteiger partial charge < -0.3 is 10.2 Å². The van der Waals surface area contributed by atoms with Crippen LogP contribution in [0.5, 0.6) is 0 Å². The molecule has 0 saturated heterocycles. The van der Waals surface area contributed by atoms with Gasteiger partial charge in [0.05, 0.1) is 11.3 Å². The third-order valence-electron chi connectivity index (χ3n) is 4.30. The van der Waals surface area contributed by atoms with Crippen LogP contribution in [0.25, 0.3) is 0 Å². The van der Waals surface area contributed by atoms with E-state index in [0.717, 1.165) is 35.2 Å². The van der Waals surface area contributed by atoms with Gasteiger partial charge in [-0.1, -0.05) is 19.0 Å². The number of hydrogen-bond acceptors (Lipinski definition) is 5. The Morgan fingerprint density at radius 2 is 2.00 bits per heavy atom. The fourth-order valence-corrected chi connectivity index (χ4v) is 2.23. The molecule has 138 valence electrons. The van der Waals surface area contributed by atoms with E-state index in [4.69, 9.17) is 4.84 Å². The molecule has 0 bridgehead atoms. The van der Waals surface area contributed by atoms with E-state index in [1.54, 1.807) is 24.7 Å². The highest BCUT2D eigenvalue weighted by Gasteiger charge is 2.12. The van der Waals surface area contributed by atoms with Gasteiger partial charge in [0.15, 0.2) is 0 Å². The van der Waals surface area contributed by atoms with Crippen molar-refractivity contribution in [2.24, 2.45) is 5.16 Å². The largest absolute Gasteiger partial charge is 0.393 e. The summed E-state index contributed by atoms with van der Waals surface area (Å²) in [7, 11) is 0.